The summed E-state index contributed by atoms with van der Waals surface area (Å²) in [4.78, 5) is 0. The summed E-state index contributed by atoms with van der Waals surface area (Å²) in [6.45, 7) is 0. The second kappa shape index (κ2) is 12.5. The van der Waals surface area contributed by atoms with Crippen LogP contribution >= 0.6 is 0 Å². The van der Waals surface area contributed by atoms with Gasteiger partial charge in [0.05, 0.1) is 20.6 Å². The smallest absolute Gasteiger partial charge is 0.135 e. The van der Waals surface area contributed by atoms with Gasteiger partial charge in [0, 0.05) is 10.9 Å². The molecule has 0 spiro atoms. The molecular weight excluding hydrogens is 689 g/mol. The van der Waals surface area contributed by atoms with Crippen molar-refractivity contribution in [2.24, 2.45) is 0 Å². The van der Waals surface area contributed by atoms with Gasteiger partial charge in [-0.05, 0) is 135 Å². The molecule has 0 N–H and O–H groups in total. The monoisotopic (exact) mass is 737 g/mol. The van der Waals surface area contributed by atoms with Gasteiger partial charge in [-0.2, -0.15) is 0 Å². The van der Waals surface area contributed by atoms with Gasteiger partial charge < -0.3 is 4.74 Å². The third-order valence-electron chi connectivity index (χ3n) is 11.1. The molecule has 0 aromatic heterocycles. The molecule has 0 saturated carbocycles. The fraction of sp³-hybridized carbons (Fsp3) is 0. The van der Waals surface area contributed by atoms with E-state index in [-0.39, 0.29) is 52.9 Å². The highest BCUT2D eigenvalue weighted by molar-refractivity contribution is 6.27. The summed E-state index contributed by atoms with van der Waals surface area (Å²) in [5.41, 5.74) is 5.77. The molecule has 57 heavy (non-hydrogen) atoms. The summed E-state index contributed by atoms with van der Waals surface area (Å²) >= 11 is 0. The van der Waals surface area contributed by atoms with E-state index in [0.29, 0.717) is 66.6 Å². The Kier molecular flexibility index (Phi) is 4.49. The van der Waals surface area contributed by atoms with Crippen LogP contribution in [0, 0.1) is 0 Å². The molecule has 11 aromatic rings. The quantitative estimate of drug-likeness (QED) is 0.160. The molecule has 1 aliphatic heterocycles. The summed E-state index contributed by atoms with van der Waals surface area (Å²) in [5, 5.41) is 6.30. The first-order chi connectivity index (χ1) is 34.5. The molecule has 0 aliphatic carbocycles. The molecule has 0 amide bonds. The van der Waals surface area contributed by atoms with E-state index in [4.69, 9.17) is 25.3 Å². The average Bonchev–Trinajstić information content (AvgIpc) is 3.39. The van der Waals surface area contributed by atoms with Crippen molar-refractivity contribution >= 4 is 43.1 Å². The van der Waals surface area contributed by atoms with Crippen LogP contribution in [0.3, 0.4) is 0 Å². The summed E-state index contributed by atoms with van der Waals surface area (Å²) in [7, 11) is 0. The van der Waals surface area contributed by atoms with Crippen molar-refractivity contribution in [2.45, 2.75) is 0 Å². The van der Waals surface area contributed by atoms with Crippen LogP contribution in [0.2, 0.25) is 0 Å². The lowest BCUT2D eigenvalue weighted by Gasteiger charge is -2.23. The normalized spacial score (nSPS) is 15.7. The fourth-order valence-corrected chi connectivity index (χ4v) is 8.56. The first-order valence-electron chi connectivity index (χ1n) is 25.9. The molecule has 1 aliphatic rings. The molecule has 0 unspecified atom stereocenters. The van der Waals surface area contributed by atoms with Crippen LogP contribution in [0.5, 0.6) is 11.5 Å². The predicted molar refractivity (Wildman–Crippen MR) is 240 cm³/mol. The van der Waals surface area contributed by atoms with E-state index in [1.807, 2.05) is 91.0 Å². The SMILES string of the molecule is [2H]c1c([2H])c([2H])c(-c2cc(-c3ccc4c(c3)-c3cccc5c(-c6c([2H])c([2H])c([2H])c([2H])c6[2H])ccc(c35)O4)cc(-c3ccc4ccc5c(-c6c([2H])c([2H])c([2H])c([2H])c6[2H])ccc6ccc3c4c65)c2)c([2H])c1[2H]. The first kappa shape index (κ1) is 20.4. The Hall–Kier alpha value is -7.48. The molecule has 0 fully saturated rings. The van der Waals surface area contributed by atoms with Crippen LogP contribution in [0.15, 0.2) is 206 Å². The Morgan fingerprint density at radius 1 is 0.298 bits per heavy atom. The van der Waals surface area contributed by atoms with Gasteiger partial charge in [0.25, 0.3) is 0 Å². The number of rotatable bonds is 5. The van der Waals surface area contributed by atoms with Crippen LogP contribution in [-0.4, -0.2) is 0 Å². The third kappa shape index (κ3) is 5.03. The molecule has 0 saturated heterocycles. The Labute approximate surface area is 352 Å². The first-order valence-corrected chi connectivity index (χ1v) is 18.4. The number of hydrogen-bond acceptors (Lipinski definition) is 1. The molecule has 1 nitrogen and oxygen atoms in total. The highest BCUT2D eigenvalue weighted by Gasteiger charge is 2.23. The number of hydrogen-bond donors (Lipinski definition) is 0. The van der Waals surface area contributed by atoms with Gasteiger partial charge >= 0.3 is 0 Å². The van der Waals surface area contributed by atoms with Crippen molar-refractivity contribution in [2.75, 3.05) is 0 Å². The van der Waals surface area contributed by atoms with E-state index < -0.39 is 54.4 Å². The van der Waals surface area contributed by atoms with E-state index in [9.17, 15) is 0 Å². The summed E-state index contributed by atoms with van der Waals surface area (Å²) in [5.74, 6) is 1.07. The standard InChI is InChI=1S/C56H34O/c1-4-11-35(12-5-1)41-31-42(40-23-29-52-51(34-40)48-18-10-17-47-45(37-15-8-3-9-16-37)28-30-53(57-52)56(47)48)33-43(32-41)46-25-20-39-21-26-49-44(36-13-6-2-7-14-36)24-19-38-22-27-50(46)55(39)54(38)49/h1-34H/i1D,2D,3D,4D,5D,6D,7D,8D,9D,11D,12D,13D,14D,15D,16D. The topological polar surface area (TPSA) is 9.23 Å². The second-order valence-corrected chi connectivity index (χ2v) is 14.1. The lowest BCUT2D eigenvalue weighted by atomic mass is 9.85. The van der Waals surface area contributed by atoms with E-state index in [2.05, 4.69) is 0 Å². The Morgan fingerprint density at radius 2 is 0.789 bits per heavy atom. The zero-order chi connectivity index (χ0) is 50.5. The van der Waals surface area contributed by atoms with E-state index in [1.165, 1.54) is 0 Å². The van der Waals surface area contributed by atoms with Gasteiger partial charge in [-0.1, -0.05) is 169 Å². The summed E-state index contributed by atoms with van der Waals surface area (Å²) in [6, 6.07) is 29.7. The van der Waals surface area contributed by atoms with Gasteiger partial charge in [-0.25, -0.2) is 0 Å². The third-order valence-corrected chi connectivity index (χ3v) is 11.1. The van der Waals surface area contributed by atoms with Crippen LogP contribution in [0.25, 0.3) is 110 Å². The minimum absolute atomic E-state index is 0.0187. The molecule has 1 heterocycles. The van der Waals surface area contributed by atoms with Crippen LogP contribution < -0.4 is 4.74 Å². The highest BCUT2D eigenvalue weighted by Crippen LogP contribution is 2.50. The molecule has 0 atom stereocenters. The summed E-state index contributed by atoms with van der Waals surface area (Å²) < 4.78 is 135. The molecule has 0 bridgehead atoms. The maximum Gasteiger partial charge on any atom is 0.135 e. The zero-order valence-corrected chi connectivity index (χ0v) is 29.9. The van der Waals surface area contributed by atoms with Crippen molar-refractivity contribution in [3.63, 3.8) is 0 Å². The van der Waals surface area contributed by atoms with Crippen LogP contribution in [0.1, 0.15) is 20.6 Å². The highest BCUT2D eigenvalue weighted by atomic mass is 16.5. The van der Waals surface area contributed by atoms with Gasteiger partial charge in [-0.3, -0.25) is 0 Å². The van der Waals surface area contributed by atoms with Crippen LogP contribution in [0.4, 0.5) is 0 Å². The van der Waals surface area contributed by atoms with Gasteiger partial charge in [-0.15, -0.1) is 0 Å². The second-order valence-electron chi connectivity index (χ2n) is 14.1. The number of ether oxygens (including phenoxy) is 1. The molecule has 11 aromatic carbocycles. The molecule has 1 heteroatoms. The van der Waals surface area contributed by atoms with Gasteiger partial charge in [0.1, 0.15) is 11.5 Å². The van der Waals surface area contributed by atoms with Crippen molar-refractivity contribution in [1.82, 2.24) is 0 Å². The maximum atomic E-state index is 9.05. The van der Waals surface area contributed by atoms with Crippen molar-refractivity contribution in [1.29, 1.82) is 0 Å². The molecule has 0 radical (unpaired) electrons. The lowest BCUT2D eigenvalue weighted by Crippen LogP contribution is -1.98. The van der Waals surface area contributed by atoms with Gasteiger partial charge in [0.15, 0.2) is 0 Å². The summed E-state index contributed by atoms with van der Waals surface area (Å²) in [6.07, 6.45) is 0. The lowest BCUT2D eigenvalue weighted by molar-refractivity contribution is 0.487. The Balaban J connectivity index is 1.08. The zero-order valence-electron chi connectivity index (χ0n) is 44.9. The molecule has 264 valence electrons. The average molecular weight is 738 g/mol. The predicted octanol–water partition coefficient (Wildman–Crippen LogP) is 15.8. The van der Waals surface area contributed by atoms with Gasteiger partial charge in [0.2, 0.25) is 0 Å². The fourth-order valence-electron chi connectivity index (χ4n) is 8.56. The van der Waals surface area contributed by atoms with E-state index in [0.717, 1.165) is 38.1 Å². The Bertz CT molecular complexity index is 4170. The molecule has 12 rings (SSSR count). The minimum atomic E-state index is -0.515. The van der Waals surface area contributed by atoms with Crippen molar-refractivity contribution in [3.8, 4) is 78.3 Å². The largest absolute Gasteiger partial charge is 0.456 e. The van der Waals surface area contributed by atoms with Crippen LogP contribution in [-0.2, 0) is 0 Å². The maximum absolute atomic E-state index is 9.05. The van der Waals surface area contributed by atoms with E-state index >= 15 is 0 Å². The van der Waals surface area contributed by atoms with E-state index in [1.54, 1.807) is 24.3 Å². The Morgan fingerprint density at radius 3 is 1.42 bits per heavy atom. The number of fused-ring (bicyclic) bond motifs is 2. The number of benzene rings is 11. The van der Waals surface area contributed by atoms with Crippen molar-refractivity contribution < 1.29 is 25.3 Å². The minimum Gasteiger partial charge on any atom is -0.456 e. The van der Waals surface area contributed by atoms with Crippen molar-refractivity contribution in [3.05, 3.63) is 206 Å². The molecular formula is C56H34O.